The molecule has 0 fully saturated rings. The monoisotopic (exact) mass is 171 g/mol. The zero-order valence-corrected chi connectivity index (χ0v) is 7.57. The van der Waals surface area contributed by atoms with Gasteiger partial charge in [0.2, 0.25) is 0 Å². The maximum atomic E-state index is 5.41. The van der Waals surface area contributed by atoms with Gasteiger partial charge in [-0.15, -0.1) is 0 Å². The van der Waals surface area contributed by atoms with Crippen LogP contribution in [0.2, 0.25) is 5.15 Å². The van der Waals surface area contributed by atoms with E-state index in [2.05, 4.69) is 11.1 Å². The molecule has 44 valence electrons. The van der Waals surface area contributed by atoms with Gasteiger partial charge in [-0.05, 0) is 0 Å². The van der Waals surface area contributed by atoms with Gasteiger partial charge >= 0.3 is 23.1 Å². The fraction of sp³-hybridized carbons (Fsp3) is 0. The first-order chi connectivity index (χ1) is 3.39. The molecule has 0 N–H and O–H groups in total. The average Bonchev–Trinajstić information content (AvgIpc) is 1.69. The van der Waals surface area contributed by atoms with Crippen LogP contribution in [0, 0.1) is 6.07 Å². The standard InChI is InChI=1S/C5H3ClN.ClH.Mg/c6-5-3-1-2-4-7-5;;/h1,3-4H;1H;/q-1;;+2/p-1. The first-order valence-electron chi connectivity index (χ1n) is 1.87. The second-order valence-electron chi connectivity index (χ2n) is 1.08. The molecule has 9 heavy (non-hydrogen) atoms. The van der Waals surface area contributed by atoms with E-state index < -0.39 is 0 Å². The number of nitrogens with zero attached hydrogens (tertiary/aromatic N) is 1. The first kappa shape index (κ1) is 12.2. The predicted molar refractivity (Wildman–Crippen MR) is 33.8 cm³/mol. The summed E-state index contributed by atoms with van der Waals surface area (Å²) in [6.45, 7) is 0. The molecule has 0 unspecified atom stereocenters. The molecule has 1 heterocycles. The van der Waals surface area contributed by atoms with E-state index in [0.717, 1.165) is 0 Å². The van der Waals surface area contributed by atoms with E-state index in [9.17, 15) is 0 Å². The fourth-order valence-electron chi connectivity index (χ4n) is 0.302. The molecular weight excluding hydrogens is 169 g/mol. The van der Waals surface area contributed by atoms with Gasteiger partial charge in [0.1, 0.15) is 0 Å². The van der Waals surface area contributed by atoms with Crippen LogP contribution >= 0.6 is 11.6 Å². The summed E-state index contributed by atoms with van der Waals surface area (Å²) in [5, 5.41) is 0.513. The van der Waals surface area contributed by atoms with Gasteiger partial charge in [0, 0.05) is 5.15 Å². The first-order valence-corrected chi connectivity index (χ1v) is 2.25. The minimum atomic E-state index is 0. The van der Waals surface area contributed by atoms with Crippen molar-refractivity contribution in [1.29, 1.82) is 0 Å². The van der Waals surface area contributed by atoms with Crippen LogP contribution in [0.5, 0.6) is 0 Å². The molecule has 0 bridgehead atoms. The van der Waals surface area contributed by atoms with Gasteiger partial charge in [-0.1, -0.05) is 17.8 Å². The zero-order valence-electron chi connectivity index (χ0n) is 4.64. The summed E-state index contributed by atoms with van der Waals surface area (Å²) in [5.41, 5.74) is 0. The molecule has 1 rings (SSSR count). The van der Waals surface area contributed by atoms with Crippen LogP contribution in [0.4, 0.5) is 0 Å². The maximum absolute atomic E-state index is 5.41. The van der Waals surface area contributed by atoms with Crippen LogP contribution in [0.15, 0.2) is 18.3 Å². The Hall–Kier alpha value is 0.496. The quantitative estimate of drug-likeness (QED) is 0.255. The van der Waals surface area contributed by atoms with Crippen LogP contribution in [0.1, 0.15) is 0 Å². The van der Waals surface area contributed by atoms with Crippen molar-refractivity contribution in [2.24, 2.45) is 0 Å². The van der Waals surface area contributed by atoms with Crippen molar-refractivity contribution < 1.29 is 12.4 Å². The van der Waals surface area contributed by atoms with Crippen LogP contribution in [-0.2, 0) is 0 Å². The van der Waals surface area contributed by atoms with Crippen molar-refractivity contribution in [3.05, 3.63) is 29.5 Å². The molecule has 0 saturated carbocycles. The summed E-state index contributed by atoms with van der Waals surface area (Å²) in [6, 6.07) is 6.14. The predicted octanol–water partition coefficient (Wildman–Crippen LogP) is -1.84. The number of hydrogen-bond donors (Lipinski definition) is 0. The minimum absolute atomic E-state index is 0. The summed E-state index contributed by atoms with van der Waals surface area (Å²) in [5.74, 6) is 0. The van der Waals surface area contributed by atoms with Gasteiger partial charge in [-0.2, -0.15) is 6.07 Å². The molecule has 0 saturated heterocycles. The van der Waals surface area contributed by atoms with Crippen molar-refractivity contribution in [1.82, 2.24) is 4.98 Å². The van der Waals surface area contributed by atoms with Gasteiger partial charge in [-0.3, -0.25) is 4.98 Å². The molecule has 0 radical (unpaired) electrons. The van der Waals surface area contributed by atoms with Crippen molar-refractivity contribution >= 4 is 34.7 Å². The number of pyridine rings is 1. The smallest absolute Gasteiger partial charge is 1.00 e. The third-order valence-corrected chi connectivity index (χ3v) is 0.803. The van der Waals surface area contributed by atoms with E-state index in [1.165, 1.54) is 6.20 Å². The fourth-order valence-corrected chi connectivity index (χ4v) is 0.414. The molecule has 0 aliphatic rings. The Balaban J connectivity index is 0. The third kappa shape index (κ3) is 4.97. The van der Waals surface area contributed by atoms with Gasteiger partial charge in [0.15, 0.2) is 0 Å². The molecule has 1 aromatic rings. The molecule has 1 aromatic heterocycles. The third-order valence-electron chi connectivity index (χ3n) is 0.580. The summed E-state index contributed by atoms with van der Waals surface area (Å²) in [4.78, 5) is 3.69. The van der Waals surface area contributed by atoms with Crippen LogP contribution in [-0.4, -0.2) is 28.0 Å². The van der Waals surface area contributed by atoms with Crippen molar-refractivity contribution in [2.75, 3.05) is 0 Å². The molecule has 0 amide bonds. The van der Waals surface area contributed by atoms with Crippen LogP contribution < -0.4 is 12.4 Å². The molecule has 0 aromatic carbocycles. The Kier molecular flexibility index (Phi) is 8.96. The number of rotatable bonds is 0. The Labute approximate surface area is 81.4 Å². The minimum Gasteiger partial charge on any atom is -1.00 e. The Morgan fingerprint density at radius 2 is 2.22 bits per heavy atom. The number of halogens is 2. The molecular formula is C5H3Cl2MgN. The SMILES string of the molecule is Clc1cc[c-]cn1.[Cl-].[Mg+2]. The average molecular weight is 172 g/mol. The van der Waals surface area contributed by atoms with E-state index in [0.29, 0.717) is 5.15 Å². The Bertz CT molecular complexity index is 145. The van der Waals surface area contributed by atoms with E-state index in [1.54, 1.807) is 12.1 Å². The largest absolute Gasteiger partial charge is 2.00 e. The van der Waals surface area contributed by atoms with Crippen molar-refractivity contribution in [2.45, 2.75) is 0 Å². The second kappa shape index (κ2) is 6.61. The zero-order chi connectivity index (χ0) is 5.11. The second-order valence-corrected chi connectivity index (χ2v) is 1.47. The Morgan fingerprint density at radius 1 is 1.56 bits per heavy atom. The summed E-state index contributed by atoms with van der Waals surface area (Å²) in [7, 11) is 0. The number of aromatic nitrogens is 1. The summed E-state index contributed by atoms with van der Waals surface area (Å²) in [6.07, 6.45) is 1.53. The van der Waals surface area contributed by atoms with E-state index >= 15 is 0 Å². The number of hydrogen-bond acceptors (Lipinski definition) is 1. The van der Waals surface area contributed by atoms with E-state index in [4.69, 9.17) is 11.6 Å². The van der Waals surface area contributed by atoms with Gasteiger partial charge < -0.3 is 12.4 Å². The van der Waals surface area contributed by atoms with E-state index in [1.807, 2.05) is 0 Å². The van der Waals surface area contributed by atoms with E-state index in [-0.39, 0.29) is 35.5 Å². The molecule has 0 atom stereocenters. The molecule has 4 heteroatoms. The molecule has 0 aliphatic heterocycles. The van der Waals surface area contributed by atoms with Crippen LogP contribution in [0.25, 0.3) is 0 Å². The van der Waals surface area contributed by atoms with Crippen molar-refractivity contribution in [3.8, 4) is 0 Å². The molecule has 0 aliphatic carbocycles. The maximum Gasteiger partial charge on any atom is 2.00 e. The Morgan fingerprint density at radius 3 is 2.44 bits per heavy atom. The summed E-state index contributed by atoms with van der Waals surface area (Å²) >= 11 is 5.41. The topological polar surface area (TPSA) is 12.9 Å². The van der Waals surface area contributed by atoms with Crippen LogP contribution in [0.3, 0.4) is 0 Å². The molecule has 0 spiro atoms. The van der Waals surface area contributed by atoms with Gasteiger partial charge in [0.05, 0.1) is 0 Å². The van der Waals surface area contributed by atoms with Gasteiger partial charge in [-0.25, -0.2) is 12.1 Å². The molecule has 1 nitrogen and oxygen atoms in total. The van der Waals surface area contributed by atoms with Crippen molar-refractivity contribution in [3.63, 3.8) is 0 Å². The normalized spacial score (nSPS) is 6.78. The summed E-state index contributed by atoms with van der Waals surface area (Å²) < 4.78 is 0. The van der Waals surface area contributed by atoms with Gasteiger partial charge in [0.25, 0.3) is 0 Å².